The van der Waals surface area contributed by atoms with Gasteiger partial charge in [0.2, 0.25) is 0 Å². The van der Waals surface area contributed by atoms with Gasteiger partial charge in [0.05, 0.1) is 0 Å². The quantitative estimate of drug-likeness (QED) is 0.565. The van der Waals surface area contributed by atoms with E-state index in [0.717, 1.165) is 12.1 Å². The predicted molar refractivity (Wildman–Crippen MR) is 42.7 cm³/mol. The van der Waals surface area contributed by atoms with E-state index in [9.17, 15) is 22.4 Å². The zero-order chi connectivity index (χ0) is 11.6. The fourth-order valence-electron chi connectivity index (χ4n) is 0.787. The second-order valence-electron chi connectivity index (χ2n) is 2.62. The first-order valence-electron chi connectivity index (χ1n) is 3.67. The third-order valence-electron chi connectivity index (χ3n) is 1.46. The predicted octanol–water partition coefficient (Wildman–Crippen LogP) is 2.03. The topological polar surface area (TPSA) is 49.3 Å². The SMILES string of the molecule is O=C(Nc1ccc(O)c(F)c1)C(F)(F)F. The third kappa shape index (κ3) is 2.83. The lowest BCUT2D eigenvalue weighted by molar-refractivity contribution is -0.167. The molecule has 0 heterocycles. The van der Waals surface area contributed by atoms with E-state index in [-0.39, 0.29) is 5.69 Å². The molecule has 2 N–H and O–H groups in total. The first-order valence-corrected chi connectivity index (χ1v) is 3.67. The lowest BCUT2D eigenvalue weighted by Gasteiger charge is -2.07. The van der Waals surface area contributed by atoms with Gasteiger partial charge in [-0.3, -0.25) is 4.79 Å². The summed E-state index contributed by atoms with van der Waals surface area (Å²) in [5, 5.41) is 10.2. The minimum absolute atomic E-state index is 0.382. The van der Waals surface area contributed by atoms with Gasteiger partial charge in [-0.05, 0) is 12.1 Å². The van der Waals surface area contributed by atoms with Crippen LogP contribution in [0, 0.1) is 5.82 Å². The molecule has 0 fully saturated rings. The number of aromatic hydroxyl groups is 1. The fraction of sp³-hybridized carbons (Fsp3) is 0.125. The van der Waals surface area contributed by atoms with E-state index in [4.69, 9.17) is 5.11 Å². The molecule has 1 amide bonds. The van der Waals surface area contributed by atoms with E-state index < -0.39 is 23.7 Å². The van der Waals surface area contributed by atoms with Crippen LogP contribution < -0.4 is 5.32 Å². The molecular weight excluding hydrogens is 218 g/mol. The van der Waals surface area contributed by atoms with Crippen molar-refractivity contribution in [2.75, 3.05) is 5.32 Å². The summed E-state index contributed by atoms with van der Waals surface area (Å²) in [5.74, 6) is -4.03. The van der Waals surface area contributed by atoms with Crippen molar-refractivity contribution in [3.8, 4) is 5.75 Å². The molecule has 0 saturated heterocycles. The highest BCUT2D eigenvalue weighted by molar-refractivity contribution is 5.94. The molecule has 0 atom stereocenters. The molecule has 0 aliphatic heterocycles. The molecule has 0 bridgehead atoms. The molecule has 0 saturated carbocycles. The molecule has 0 spiro atoms. The molecule has 0 aliphatic carbocycles. The van der Waals surface area contributed by atoms with E-state index >= 15 is 0 Å². The van der Waals surface area contributed by atoms with Gasteiger partial charge >= 0.3 is 12.1 Å². The van der Waals surface area contributed by atoms with Crippen molar-refractivity contribution in [1.82, 2.24) is 0 Å². The average Bonchev–Trinajstić information content (AvgIpc) is 2.10. The van der Waals surface area contributed by atoms with E-state index in [2.05, 4.69) is 0 Å². The molecule has 3 nitrogen and oxygen atoms in total. The van der Waals surface area contributed by atoms with Gasteiger partial charge in [0, 0.05) is 11.8 Å². The second kappa shape index (κ2) is 3.76. The van der Waals surface area contributed by atoms with E-state index in [1.165, 1.54) is 5.32 Å². The lowest BCUT2D eigenvalue weighted by atomic mass is 10.3. The van der Waals surface area contributed by atoms with E-state index in [1.54, 1.807) is 0 Å². The van der Waals surface area contributed by atoms with Crippen LogP contribution in [0.2, 0.25) is 0 Å². The van der Waals surface area contributed by atoms with Crippen molar-refractivity contribution < 1.29 is 27.5 Å². The van der Waals surface area contributed by atoms with Crippen LogP contribution in [0.4, 0.5) is 23.2 Å². The number of carbonyl (C=O) groups is 1. The summed E-state index contributed by atoms with van der Waals surface area (Å²) in [5.41, 5.74) is -0.382. The number of nitrogens with one attached hydrogen (secondary N) is 1. The minimum atomic E-state index is -5.03. The number of alkyl halides is 3. The number of carbonyl (C=O) groups excluding carboxylic acids is 1. The highest BCUT2D eigenvalue weighted by Crippen LogP contribution is 2.22. The number of benzene rings is 1. The minimum Gasteiger partial charge on any atom is -0.505 e. The first-order chi connectivity index (χ1) is 6.80. The van der Waals surface area contributed by atoms with Crippen LogP contribution >= 0.6 is 0 Å². The maximum atomic E-state index is 12.6. The van der Waals surface area contributed by atoms with Gasteiger partial charge in [-0.25, -0.2) is 4.39 Å². The molecule has 15 heavy (non-hydrogen) atoms. The standard InChI is InChI=1S/C8H5F4NO2/c9-5-3-4(1-2-6(5)14)13-7(15)8(10,11)12/h1-3,14H,(H,13,15). The van der Waals surface area contributed by atoms with E-state index in [0.29, 0.717) is 6.07 Å². The molecule has 1 aromatic carbocycles. The van der Waals surface area contributed by atoms with Crippen LogP contribution in [0.5, 0.6) is 5.75 Å². The number of phenolic OH excluding ortho intramolecular Hbond substituents is 1. The van der Waals surface area contributed by atoms with Crippen molar-refractivity contribution in [2.45, 2.75) is 6.18 Å². The number of anilines is 1. The Kier molecular flexibility index (Phi) is 2.83. The zero-order valence-corrected chi connectivity index (χ0v) is 7.10. The summed E-state index contributed by atoms with van der Waals surface area (Å²) in [7, 11) is 0. The number of hydrogen-bond acceptors (Lipinski definition) is 2. The highest BCUT2D eigenvalue weighted by Gasteiger charge is 2.38. The number of amides is 1. The molecule has 7 heteroatoms. The molecule has 0 aromatic heterocycles. The van der Waals surface area contributed by atoms with Gasteiger partial charge in [0.15, 0.2) is 11.6 Å². The van der Waals surface area contributed by atoms with Crippen molar-refractivity contribution in [2.24, 2.45) is 0 Å². The largest absolute Gasteiger partial charge is 0.505 e. The van der Waals surface area contributed by atoms with Crippen molar-refractivity contribution in [1.29, 1.82) is 0 Å². The molecule has 0 unspecified atom stereocenters. The van der Waals surface area contributed by atoms with E-state index in [1.807, 2.05) is 0 Å². The summed E-state index contributed by atoms with van der Waals surface area (Å²) < 4.78 is 47.9. The van der Waals surface area contributed by atoms with Gasteiger partial charge < -0.3 is 10.4 Å². The summed E-state index contributed by atoms with van der Waals surface area (Å²) in [6.07, 6.45) is -5.03. The molecule has 82 valence electrons. The number of halogens is 4. The van der Waals surface area contributed by atoms with Crippen molar-refractivity contribution >= 4 is 11.6 Å². The van der Waals surface area contributed by atoms with Gasteiger partial charge in [0.25, 0.3) is 0 Å². The summed E-state index contributed by atoms with van der Waals surface area (Å²) in [6, 6.07) is 2.36. The number of phenols is 1. The lowest BCUT2D eigenvalue weighted by Crippen LogP contribution is -2.29. The Hall–Kier alpha value is -1.79. The molecule has 0 radical (unpaired) electrons. The van der Waals surface area contributed by atoms with Crippen LogP contribution in [0.3, 0.4) is 0 Å². The van der Waals surface area contributed by atoms with Gasteiger partial charge in [-0.2, -0.15) is 13.2 Å². The average molecular weight is 223 g/mol. The monoisotopic (exact) mass is 223 g/mol. The Labute approximate surface area is 81.3 Å². The van der Waals surface area contributed by atoms with Crippen LogP contribution in [0.1, 0.15) is 0 Å². The number of hydrogen-bond donors (Lipinski definition) is 2. The molecule has 1 aromatic rings. The van der Waals surface area contributed by atoms with Gasteiger partial charge in [-0.15, -0.1) is 0 Å². The maximum absolute atomic E-state index is 12.6. The summed E-state index contributed by atoms with van der Waals surface area (Å²) >= 11 is 0. The van der Waals surface area contributed by atoms with Crippen LogP contribution in [0.15, 0.2) is 18.2 Å². The first kappa shape index (κ1) is 11.3. The zero-order valence-electron chi connectivity index (χ0n) is 7.10. The molecular formula is C8H5F4NO2. The van der Waals surface area contributed by atoms with Crippen LogP contribution in [-0.4, -0.2) is 17.2 Å². The third-order valence-corrected chi connectivity index (χ3v) is 1.46. The second-order valence-corrected chi connectivity index (χ2v) is 2.62. The van der Waals surface area contributed by atoms with Crippen LogP contribution in [-0.2, 0) is 4.79 Å². The van der Waals surface area contributed by atoms with Crippen molar-refractivity contribution in [3.63, 3.8) is 0 Å². The Balaban J connectivity index is 2.83. The summed E-state index contributed by atoms with van der Waals surface area (Å²) in [6.45, 7) is 0. The Morgan fingerprint density at radius 3 is 2.40 bits per heavy atom. The van der Waals surface area contributed by atoms with Gasteiger partial charge in [0.1, 0.15) is 0 Å². The Morgan fingerprint density at radius 1 is 1.33 bits per heavy atom. The number of rotatable bonds is 1. The highest BCUT2D eigenvalue weighted by atomic mass is 19.4. The Morgan fingerprint density at radius 2 is 1.93 bits per heavy atom. The summed E-state index contributed by atoms with van der Waals surface area (Å²) in [4.78, 5) is 10.4. The van der Waals surface area contributed by atoms with Crippen LogP contribution in [0.25, 0.3) is 0 Å². The normalized spacial score (nSPS) is 11.2. The Bertz CT molecular complexity index is 389. The molecule has 1 rings (SSSR count). The smallest absolute Gasteiger partial charge is 0.471 e. The fourth-order valence-corrected chi connectivity index (χ4v) is 0.787. The maximum Gasteiger partial charge on any atom is 0.471 e. The van der Waals surface area contributed by atoms with Crippen molar-refractivity contribution in [3.05, 3.63) is 24.0 Å². The molecule has 0 aliphatic rings. The van der Waals surface area contributed by atoms with Gasteiger partial charge in [-0.1, -0.05) is 0 Å².